The highest BCUT2D eigenvalue weighted by atomic mass is 16.3. The Bertz CT molecular complexity index is 477. The van der Waals surface area contributed by atoms with Gasteiger partial charge >= 0.3 is 0 Å². The largest absolute Gasteiger partial charge is 0.468 e. The monoisotopic (exact) mass is 244 g/mol. The van der Waals surface area contributed by atoms with Crippen molar-refractivity contribution in [2.45, 2.75) is 20.4 Å². The van der Waals surface area contributed by atoms with Crippen LogP contribution in [0.3, 0.4) is 0 Å². The van der Waals surface area contributed by atoms with Crippen molar-refractivity contribution in [3.8, 4) is 0 Å². The van der Waals surface area contributed by atoms with Crippen molar-refractivity contribution >= 4 is 5.69 Å². The summed E-state index contributed by atoms with van der Waals surface area (Å²) >= 11 is 0. The zero-order valence-corrected chi connectivity index (χ0v) is 11.0. The molecule has 1 heterocycles. The third kappa shape index (κ3) is 3.64. The first-order valence-corrected chi connectivity index (χ1v) is 6.30. The summed E-state index contributed by atoms with van der Waals surface area (Å²) in [6.45, 7) is 6.86. The van der Waals surface area contributed by atoms with Gasteiger partial charge in [-0.2, -0.15) is 0 Å². The lowest BCUT2D eigenvalue weighted by atomic mass is 10.1. The Morgan fingerprint density at radius 3 is 2.67 bits per heavy atom. The molecule has 0 aliphatic rings. The third-order valence-electron chi connectivity index (χ3n) is 3.02. The highest BCUT2D eigenvalue weighted by molar-refractivity contribution is 5.48. The van der Waals surface area contributed by atoms with Crippen molar-refractivity contribution < 1.29 is 4.42 Å². The SMILES string of the molecule is Cc1ccc(NCCNCc2ccco2)cc1C. The van der Waals surface area contributed by atoms with Crippen molar-refractivity contribution in [2.24, 2.45) is 0 Å². The average Bonchev–Trinajstić information content (AvgIpc) is 2.86. The molecule has 0 spiro atoms. The second-order valence-electron chi connectivity index (χ2n) is 4.48. The van der Waals surface area contributed by atoms with Crippen LogP contribution in [0.5, 0.6) is 0 Å². The molecule has 2 N–H and O–H groups in total. The van der Waals surface area contributed by atoms with E-state index in [1.54, 1.807) is 6.26 Å². The van der Waals surface area contributed by atoms with Crippen LogP contribution in [0.25, 0.3) is 0 Å². The molecule has 0 radical (unpaired) electrons. The molecule has 0 atom stereocenters. The molecular weight excluding hydrogens is 224 g/mol. The first-order chi connectivity index (χ1) is 8.75. The minimum Gasteiger partial charge on any atom is -0.468 e. The molecule has 0 aliphatic heterocycles. The molecule has 18 heavy (non-hydrogen) atoms. The molecule has 0 amide bonds. The fourth-order valence-electron chi connectivity index (χ4n) is 1.77. The Morgan fingerprint density at radius 2 is 1.94 bits per heavy atom. The van der Waals surface area contributed by atoms with E-state index in [2.05, 4.69) is 42.7 Å². The molecule has 0 saturated carbocycles. The summed E-state index contributed by atoms with van der Waals surface area (Å²) in [6, 6.07) is 10.3. The number of hydrogen-bond acceptors (Lipinski definition) is 3. The molecule has 96 valence electrons. The Morgan fingerprint density at radius 1 is 1.06 bits per heavy atom. The van der Waals surface area contributed by atoms with Gasteiger partial charge in [-0.05, 0) is 49.2 Å². The van der Waals surface area contributed by atoms with Crippen LogP contribution >= 0.6 is 0 Å². The molecule has 1 aromatic carbocycles. The lowest BCUT2D eigenvalue weighted by molar-refractivity contribution is 0.486. The van der Waals surface area contributed by atoms with Crippen LogP contribution in [0.15, 0.2) is 41.0 Å². The van der Waals surface area contributed by atoms with Crippen LogP contribution in [0.1, 0.15) is 16.9 Å². The van der Waals surface area contributed by atoms with Gasteiger partial charge in [-0.25, -0.2) is 0 Å². The van der Waals surface area contributed by atoms with E-state index in [0.29, 0.717) is 0 Å². The quantitative estimate of drug-likeness (QED) is 0.767. The van der Waals surface area contributed by atoms with Crippen LogP contribution in [-0.4, -0.2) is 13.1 Å². The van der Waals surface area contributed by atoms with Crippen LogP contribution < -0.4 is 10.6 Å². The van der Waals surface area contributed by atoms with Crippen molar-refractivity contribution in [1.29, 1.82) is 0 Å². The van der Waals surface area contributed by atoms with Crippen LogP contribution in [0.4, 0.5) is 5.69 Å². The maximum atomic E-state index is 5.24. The Hall–Kier alpha value is -1.74. The highest BCUT2D eigenvalue weighted by Crippen LogP contribution is 2.13. The Balaban J connectivity index is 1.67. The summed E-state index contributed by atoms with van der Waals surface area (Å²) in [5, 5.41) is 6.73. The normalized spacial score (nSPS) is 10.6. The van der Waals surface area contributed by atoms with Crippen molar-refractivity contribution in [3.63, 3.8) is 0 Å². The van der Waals surface area contributed by atoms with Gasteiger partial charge in [0.25, 0.3) is 0 Å². The zero-order chi connectivity index (χ0) is 12.8. The van der Waals surface area contributed by atoms with Gasteiger partial charge in [0.15, 0.2) is 0 Å². The van der Waals surface area contributed by atoms with Gasteiger partial charge in [0.1, 0.15) is 5.76 Å². The van der Waals surface area contributed by atoms with Crippen LogP contribution in [-0.2, 0) is 6.54 Å². The second kappa shape index (κ2) is 6.26. The van der Waals surface area contributed by atoms with Gasteiger partial charge in [-0.3, -0.25) is 0 Å². The summed E-state index contributed by atoms with van der Waals surface area (Å²) in [7, 11) is 0. The molecule has 0 aliphatic carbocycles. The minimum atomic E-state index is 0.779. The van der Waals surface area contributed by atoms with E-state index in [4.69, 9.17) is 4.42 Å². The molecule has 2 rings (SSSR count). The van der Waals surface area contributed by atoms with E-state index in [0.717, 1.165) is 25.4 Å². The fourth-order valence-corrected chi connectivity index (χ4v) is 1.77. The molecule has 3 heteroatoms. The van der Waals surface area contributed by atoms with E-state index in [-0.39, 0.29) is 0 Å². The zero-order valence-electron chi connectivity index (χ0n) is 11.0. The number of hydrogen-bond donors (Lipinski definition) is 2. The van der Waals surface area contributed by atoms with Gasteiger partial charge in [-0.15, -0.1) is 0 Å². The maximum absolute atomic E-state index is 5.24. The second-order valence-corrected chi connectivity index (χ2v) is 4.48. The molecule has 3 nitrogen and oxygen atoms in total. The molecule has 2 aromatic rings. The standard InChI is InChI=1S/C15H20N2O/c1-12-5-6-14(10-13(12)2)17-8-7-16-11-15-4-3-9-18-15/h3-6,9-10,16-17H,7-8,11H2,1-2H3. The number of anilines is 1. The summed E-state index contributed by atoms with van der Waals surface area (Å²) < 4.78 is 5.24. The topological polar surface area (TPSA) is 37.2 Å². The minimum absolute atomic E-state index is 0.779. The van der Waals surface area contributed by atoms with E-state index in [9.17, 15) is 0 Å². The number of rotatable bonds is 6. The number of aryl methyl sites for hydroxylation is 2. The van der Waals surface area contributed by atoms with Gasteiger partial charge in [-0.1, -0.05) is 6.07 Å². The third-order valence-corrected chi connectivity index (χ3v) is 3.02. The first kappa shape index (κ1) is 12.7. The summed E-state index contributed by atoms with van der Waals surface area (Å²) in [6.07, 6.45) is 1.70. The molecular formula is C15H20N2O. The molecule has 1 aromatic heterocycles. The average molecular weight is 244 g/mol. The van der Waals surface area contributed by atoms with Crippen LogP contribution in [0.2, 0.25) is 0 Å². The molecule has 0 unspecified atom stereocenters. The lowest BCUT2D eigenvalue weighted by Gasteiger charge is -2.09. The van der Waals surface area contributed by atoms with Crippen molar-refractivity contribution in [3.05, 3.63) is 53.5 Å². The van der Waals surface area contributed by atoms with E-state index < -0.39 is 0 Å². The Labute approximate surface area is 108 Å². The van der Waals surface area contributed by atoms with Gasteiger partial charge in [0, 0.05) is 18.8 Å². The molecule has 0 saturated heterocycles. The number of benzene rings is 1. The maximum Gasteiger partial charge on any atom is 0.117 e. The van der Waals surface area contributed by atoms with Gasteiger partial charge in [0.05, 0.1) is 12.8 Å². The summed E-state index contributed by atoms with van der Waals surface area (Å²) in [5.41, 5.74) is 3.83. The molecule has 0 bridgehead atoms. The number of furan rings is 1. The first-order valence-electron chi connectivity index (χ1n) is 6.30. The van der Waals surface area contributed by atoms with Gasteiger partial charge in [0.2, 0.25) is 0 Å². The van der Waals surface area contributed by atoms with Gasteiger partial charge < -0.3 is 15.1 Å². The predicted molar refractivity (Wildman–Crippen MR) is 74.8 cm³/mol. The summed E-state index contributed by atoms with van der Waals surface area (Å²) in [4.78, 5) is 0. The van der Waals surface area contributed by atoms with E-state index >= 15 is 0 Å². The fraction of sp³-hybridized carbons (Fsp3) is 0.333. The Kier molecular flexibility index (Phi) is 4.42. The van der Waals surface area contributed by atoms with E-state index in [1.807, 2.05) is 12.1 Å². The highest BCUT2D eigenvalue weighted by Gasteiger charge is 1.96. The molecule has 0 fully saturated rings. The summed E-state index contributed by atoms with van der Waals surface area (Å²) in [5.74, 6) is 0.973. The lowest BCUT2D eigenvalue weighted by Crippen LogP contribution is -2.21. The predicted octanol–water partition coefficient (Wildman–Crippen LogP) is 3.10. The van der Waals surface area contributed by atoms with Crippen molar-refractivity contribution in [1.82, 2.24) is 5.32 Å². The van der Waals surface area contributed by atoms with Crippen LogP contribution in [0, 0.1) is 13.8 Å². The smallest absolute Gasteiger partial charge is 0.117 e. The van der Waals surface area contributed by atoms with Crippen molar-refractivity contribution in [2.75, 3.05) is 18.4 Å². The number of nitrogens with one attached hydrogen (secondary N) is 2. The van der Waals surface area contributed by atoms with E-state index in [1.165, 1.54) is 16.8 Å².